The molecule has 28 heavy (non-hydrogen) atoms. The molecule has 138 valence electrons. The quantitative estimate of drug-likeness (QED) is 0.217. The molecule has 0 saturated carbocycles. The first-order valence-corrected chi connectivity index (χ1v) is 16.3. The molecule has 4 aromatic carbocycles. The Morgan fingerprint density at radius 1 is 0.714 bits per heavy atom. The van der Waals surface area contributed by atoms with E-state index in [9.17, 15) is 5.11 Å². The summed E-state index contributed by atoms with van der Waals surface area (Å²) in [5.74, 6) is 0.234. The number of fused-ring (bicyclic) bond motifs is 1. The van der Waals surface area contributed by atoms with Gasteiger partial charge < -0.3 is 5.11 Å². The maximum absolute atomic E-state index is 10.6. The van der Waals surface area contributed by atoms with Crippen LogP contribution in [0.3, 0.4) is 0 Å². The van der Waals surface area contributed by atoms with Gasteiger partial charge in [0.05, 0.1) is 17.0 Å². The Morgan fingerprint density at radius 2 is 1.29 bits per heavy atom. The van der Waals surface area contributed by atoms with E-state index in [1.54, 1.807) is 6.07 Å². The number of aromatic hydroxyl groups is 1. The monoisotopic (exact) mass is 529 g/mol. The van der Waals surface area contributed by atoms with Crippen molar-refractivity contribution in [1.82, 2.24) is 0 Å². The molecule has 1 N–H and O–H groups in total. The standard InChI is InChI=1S/C23H17NO.2BrH.Ti/c25-21-16-15-17-9-7-8-14-20(17)22(21)23(18-10-3-1-4-11-18)24-19-12-5-2-6-13-19;;;/h1-16,25H;2*1H;/q;;;+2/p-2. The summed E-state index contributed by atoms with van der Waals surface area (Å²) in [6, 6.07) is 31.5. The number of para-hydroxylation sites is 1. The van der Waals surface area contributed by atoms with Gasteiger partial charge in [0.25, 0.3) is 0 Å². The van der Waals surface area contributed by atoms with Gasteiger partial charge in [0.2, 0.25) is 0 Å². The van der Waals surface area contributed by atoms with Crippen LogP contribution in [0.25, 0.3) is 10.8 Å². The fraction of sp³-hybridized carbons (Fsp3) is 0. The number of benzene rings is 4. The third-order valence-corrected chi connectivity index (χ3v) is 4.19. The van der Waals surface area contributed by atoms with E-state index in [1.807, 2.05) is 91.0 Å². The second-order valence-electron chi connectivity index (χ2n) is 5.91. The fourth-order valence-corrected chi connectivity index (χ4v) is 3.00. The predicted molar refractivity (Wildman–Crippen MR) is 122 cm³/mol. The van der Waals surface area contributed by atoms with Crippen molar-refractivity contribution in [3.05, 3.63) is 108 Å². The summed E-state index contributed by atoms with van der Waals surface area (Å²) in [7, 11) is 0. The van der Waals surface area contributed by atoms with Gasteiger partial charge >= 0.3 is 41.3 Å². The summed E-state index contributed by atoms with van der Waals surface area (Å²) in [5, 5.41) is 12.7. The molecule has 4 aromatic rings. The Labute approximate surface area is 186 Å². The Morgan fingerprint density at radius 3 is 1.96 bits per heavy atom. The topological polar surface area (TPSA) is 32.6 Å². The number of hydrogen-bond acceptors (Lipinski definition) is 2. The minimum atomic E-state index is 0.125. The molecular formula is C23H17Br2NOTi. The van der Waals surface area contributed by atoms with Crippen molar-refractivity contribution < 1.29 is 20.1 Å². The summed E-state index contributed by atoms with van der Waals surface area (Å²) in [5.41, 5.74) is 3.35. The van der Waals surface area contributed by atoms with Gasteiger partial charge in [-0.25, -0.2) is 4.99 Å². The zero-order valence-electron chi connectivity index (χ0n) is 14.9. The zero-order valence-corrected chi connectivity index (χ0v) is 19.6. The van der Waals surface area contributed by atoms with Crippen molar-refractivity contribution in [3.8, 4) is 5.75 Å². The number of rotatable bonds is 3. The Bertz CT molecular complexity index is 1070. The molecule has 4 rings (SSSR count). The van der Waals surface area contributed by atoms with Crippen molar-refractivity contribution in [2.45, 2.75) is 0 Å². The molecule has 0 aliphatic heterocycles. The van der Waals surface area contributed by atoms with Crippen LogP contribution in [0, 0.1) is 0 Å². The van der Waals surface area contributed by atoms with Gasteiger partial charge in [-0.1, -0.05) is 78.9 Å². The third-order valence-electron chi connectivity index (χ3n) is 4.19. The number of hydrogen-bond donors (Lipinski definition) is 1. The van der Waals surface area contributed by atoms with Gasteiger partial charge in [-0.15, -0.1) is 0 Å². The maximum atomic E-state index is 10.6. The van der Waals surface area contributed by atoms with Crippen molar-refractivity contribution in [1.29, 1.82) is 0 Å². The van der Waals surface area contributed by atoms with Crippen LogP contribution in [0.5, 0.6) is 5.75 Å². The van der Waals surface area contributed by atoms with E-state index in [4.69, 9.17) is 4.99 Å². The summed E-state index contributed by atoms with van der Waals surface area (Å²) in [6.45, 7) is 0. The van der Waals surface area contributed by atoms with Gasteiger partial charge in [0.1, 0.15) is 5.75 Å². The average Bonchev–Trinajstić information content (AvgIpc) is 2.74. The summed E-state index contributed by atoms with van der Waals surface area (Å²) in [4.78, 5) is 4.87. The van der Waals surface area contributed by atoms with E-state index in [1.165, 1.54) is 0 Å². The molecule has 0 fully saturated rings. The van der Waals surface area contributed by atoms with E-state index in [0.717, 1.165) is 33.3 Å². The number of nitrogens with zero attached hydrogens (tertiary/aromatic N) is 1. The SMILES string of the molecule is Oc1ccc2ccccc2c1C(=Nc1ccccc1)c1ccccc1.[Br][Ti][Br]. The van der Waals surface area contributed by atoms with Gasteiger partial charge in [0.15, 0.2) is 0 Å². The molecule has 5 heteroatoms. The fourth-order valence-electron chi connectivity index (χ4n) is 3.00. The molecule has 0 saturated heterocycles. The first-order chi connectivity index (χ1) is 13.7. The van der Waals surface area contributed by atoms with Gasteiger partial charge in [0, 0.05) is 5.56 Å². The number of aliphatic imine (C=N–C) groups is 1. The minimum absolute atomic E-state index is 0.125. The predicted octanol–water partition coefficient (Wildman–Crippen LogP) is 7.40. The van der Waals surface area contributed by atoms with Crippen LogP contribution in [0.15, 0.2) is 102 Å². The summed E-state index contributed by atoms with van der Waals surface area (Å²) < 4.78 is 0. The molecule has 0 bridgehead atoms. The summed E-state index contributed by atoms with van der Waals surface area (Å²) >= 11 is 6.50. The second kappa shape index (κ2) is 10.7. The molecular weight excluding hydrogens is 514 g/mol. The van der Waals surface area contributed by atoms with Crippen LogP contribution in [0.2, 0.25) is 0 Å². The normalized spacial score (nSPS) is 10.9. The van der Waals surface area contributed by atoms with Crippen LogP contribution < -0.4 is 0 Å². The molecule has 0 aliphatic carbocycles. The van der Waals surface area contributed by atoms with Crippen molar-refractivity contribution in [2.75, 3.05) is 0 Å². The third kappa shape index (κ3) is 5.21. The molecule has 0 heterocycles. The molecule has 0 unspecified atom stereocenters. The van der Waals surface area contributed by atoms with Crippen LogP contribution in [-0.2, 0) is 15.0 Å². The van der Waals surface area contributed by atoms with Crippen molar-refractivity contribution in [2.24, 2.45) is 4.99 Å². The molecule has 0 amide bonds. The van der Waals surface area contributed by atoms with E-state index >= 15 is 0 Å². The average molecular weight is 531 g/mol. The number of phenols is 1. The van der Waals surface area contributed by atoms with E-state index in [-0.39, 0.29) is 20.7 Å². The number of halogens is 2. The van der Waals surface area contributed by atoms with Gasteiger partial charge in [-0.2, -0.15) is 0 Å². The van der Waals surface area contributed by atoms with Crippen LogP contribution in [-0.4, -0.2) is 10.8 Å². The first kappa shape index (κ1) is 21.0. The summed E-state index contributed by atoms with van der Waals surface area (Å²) in [6.07, 6.45) is 0. The first-order valence-electron chi connectivity index (χ1n) is 8.61. The van der Waals surface area contributed by atoms with Crippen molar-refractivity contribution in [3.63, 3.8) is 0 Å². The Balaban J connectivity index is 0.000000706. The van der Waals surface area contributed by atoms with Gasteiger partial charge in [-0.3, -0.25) is 0 Å². The molecule has 0 spiro atoms. The molecule has 0 aliphatic rings. The van der Waals surface area contributed by atoms with Crippen molar-refractivity contribution >= 4 is 48.5 Å². The van der Waals surface area contributed by atoms with E-state index in [2.05, 4.69) is 26.3 Å². The van der Waals surface area contributed by atoms with Crippen LogP contribution in [0.4, 0.5) is 5.69 Å². The molecule has 0 aromatic heterocycles. The second-order valence-corrected chi connectivity index (χ2v) is 13.8. The Hall–Kier alpha value is -1.72. The van der Waals surface area contributed by atoms with E-state index < -0.39 is 0 Å². The number of phenolic OH excluding ortho intramolecular Hbond substituents is 1. The van der Waals surface area contributed by atoms with Crippen LogP contribution >= 0.6 is 26.3 Å². The molecule has 0 atom stereocenters. The van der Waals surface area contributed by atoms with E-state index in [0.29, 0.717) is 0 Å². The van der Waals surface area contributed by atoms with Crippen LogP contribution in [0.1, 0.15) is 11.1 Å². The Kier molecular flexibility index (Phi) is 8.05. The molecule has 2 nitrogen and oxygen atoms in total. The molecule has 0 radical (unpaired) electrons. The van der Waals surface area contributed by atoms with Gasteiger partial charge in [-0.05, 0) is 29.0 Å². The zero-order chi connectivity index (χ0) is 19.8.